The van der Waals surface area contributed by atoms with Gasteiger partial charge in [0, 0.05) is 0 Å². The van der Waals surface area contributed by atoms with Gasteiger partial charge >= 0.3 is 24.1 Å². The predicted molar refractivity (Wildman–Crippen MR) is 132 cm³/mol. The quantitative estimate of drug-likeness (QED) is 0.0883. The van der Waals surface area contributed by atoms with E-state index in [1.807, 2.05) is 0 Å². The second-order valence-electron chi connectivity index (χ2n) is 9.41. The summed E-state index contributed by atoms with van der Waals surface area (Å²) in [4.78, 5) is 7.31. The number of pyridine rings is 1. The van der Waals surface area contributed by atoms with Gasteiger partial charge in [-0.2, -0.15) is 45.6 Å². The third kappa shape index (κ3) is 5.64. The minimum absolute atomic E-state index is 0.737. The molecule has 1 saturated carbocycles. The SMILES string of the molecule is [C-]#[N+]/C(=C1/C(=C(\C#N)c2c(F)c(F)c(C(F)(F)F)c(F)c2F)/C1=C(\C#N)c1c(F)c(F)nc([N+]#[C-])c1F)c1c(F)c(F)c(C(F)(F)F)c(F)c1F. The summed E-state index contributed by atoms with van der Waals surface area (Å²) >= 11 is 0. The van der Waals surface area contributed by atoms with E-state index in [2.05, 4.69) is 14.7 Å². The zero-order valence-corrected chi connectivity index (χ0v) is 23.2. The summed E-state index contributed by atoms with van der Waals surface area (Å²) in [6.45, 7) is 14.1. The lowest BCUT2D eigenvalue weighted by Crippen LogP contribution is -2.17. The summed E-state index contributed by atoms with van der Waals surface area (Å²) in [5.41, 5.74) is -24.5. The van der Waals surface area contributed by atoms with Crippen molar-refractivity contribution in [1.29, 1.82) is 10.5 Å². The van der Waals surface area contributed by atoms with Crippen LogP contribution in [0.2, 0.25) is 0 Å². The van der Waals surface area contributed by atoms with E-state index >= 15 is 22.0 Å². The number of allylic oxidation sites excluding steroid dienone is 5. The highest BCUT2D eigenvalue weighted by Gasteiger charge is 2.49. The molecule has 0 bridgehead atoms. The lowest BCUT2D eigenvalue weighted by atomic mass is 9.99. The number of nitriles is 2. The van der Waals surface area contributed by atoms with Gasteiger partial charge < -0.3 is 4.85 Å². The van der Waals surface area contributed by atoms with Gasteiger partial charge in [0.25, 0.3) is 0 Å². The van der Waals surface area contributed by atoms with Crippen LogP contribution in [0.15, 0.2) is 16.7 Å². The molecule has 1 aromatic heterocycles. The van der Waals surface area contributed by atoms with Crippen LogP contribution in [0.5, 0.6) is 0 Å². The van der Waals surface area contributed by atoms with Gasteiger partial charge in [-0.1, -0.05) is 11.6 Å². The Morgan fingerprint density at radius 3 is 1.18 bits per heavy atom. The first kappa shape index (κ1) is 37.4. The molecule has 0 aliphatic heterocycles. The number of benzene rings is 2. The minimum Gasteiger partial charge on any atom is -0.358 e. The Balaban J connectivity index is 2.37. The van der Waals surface area contributed by atoms with Crippen molar-refractivity contribution in [2.45, 2.75) is 12.4 Å². The molecule has 0 N–H and O–H groups in total. The Kier molecular flexibility index (Phi) is 9.15. The molecule has 2 aromatic carbocycles. The van der Waals surface area contributed by atoms with E-state index in [0.29, 0.717) is 0 Å². The largest absolute Gasteiger partial charge is 0.422 e. The first-order valence-corrected chi connectivity index (χ1v) is 12.3. The third-order valence-electron chi connectivity index (χ3n) is 6.72. The van der Waals surface area contributed by atoms with Crippen LogP contribution in [0.25, 0.3) is 26.5 Å². The van der Waals surface area contributed by atoms with Crippen molar-refractivity contribution in [3.05, 3.63) is 131 Å². The topological polar surface area (TPSA) is 69.2 Å². The highest BCUT2D eigenvalue weighted by Crippen LogP contribution is 2.58. The minimum atomic E-state index is -6.18. The number of nitrogens with zero attached hydrogens (tertiary/aromatic N) is 5. The fraction of sp³-hybridized carbons (Fsp3) is 0.0690. The smallest absolute Gasteiger partial charge is 0.358 e. The Morgan fingerprint density at radius 2 is 0.863 bits per heavy atom. The van der Waals surface area contributed by atoms with E-state index in [-0.39, 0.29) is 0 Å². The van der Waals surface area contributed by atoms with Crippen LogP contribution in [-0.2, 0) is 12.4 Å². The molecule has 0 atom stereocenters. The molecule has 0 saturated heterocycles. The van der Waals surface area contributed by atoms with E-state index in [9.17, 15) is 63.2 Å². The summed E-state index contributed by atoms with van der Waals surface area (Å²) in [7, 11) is 0. The molecular formula is C29F17N5. The number of hydrogen-bond acceptors (Lipinski definition) is 3. The molecular weight excluding hydrogens is 741 g/mol. The zero-order chi connectivity index (χ0) is 38.8. The standard InChI is InChI=1S/C29F17N5/c1-49-25(12-17(32)23(38)14(29(44,45)46)24(39)18(12)33)11-7(8(11)6(4-48)10-19(34)26(40)51-27(50-2)20(10)35)5(3-47)9-15(30)21(36)13(28(41,42)43)22(37)16(9)31/b7-5+,8-6-,25-11-. The first-order valence-electron chi connectivity index (χ1n) is 12.3. The van der Waals surface area contributed by atoms with Crippen molar-refractivity contribution in [3.8, 4) is 12.1 Å². The van der Waals surface area contributed by atoms with Crippen molar-refractivity contribution in [2.75, 3.05) is 0 Å². The van der Waals surface area contributed by atoms with Crippen LogP contribution in [-0.4, -0.2) is 4.98 Å². The van der Waals surface area contributed by atoms with E-state index in [4.69, 9.17) is 13.1 Å². The van der Waals surface area contributed by atoms with Gasteiger partial charge in [-0.05, 0) is 16.7 Å². The average molecular weight is 741 g/mol. The van der Waals surface area contributed by atoms with Gasteiger partial charge in [0.2, 0.25) is 11.5 Å². The number of alkyl halides is 6. The number of halogens is 17. The molecule has 1 fully saturated rings. The Labute approximate surface area is 269 Å². The molecule has 260 valence electrons. The van der Waals surface area contributed by atoms with Crippen molar-refractivity contribution in [2.24, 2.45) is 0 Å². The van der Waals surface area contributed by atoms with Crippen molar-refractivity contribution < 1.29 is 74.6 Å². The van der Waals surface area contributed by atoms with Crippen LogP contribution in [0.4, 0.5) is 80.5 Å². The lowest BCUT2D eigenvalue weighted by Gasteiger charge is -2.14. The van der Waals surface area contributed by atoms with Gasteiger partial charge in [0.1, 0.15) is 23.3 Å². The van der Waals surface area contributed by atoms with Gasteiger partial charge in [-0.3, -0.25) is 0 Å². The summed E-state index contributed by atoms with van der Waals surface area (Å²) in [5, 5.41) is 19.5. The maximum absolute atomic E-state index is 15.1. The predicted octanol–water partition coefficient (Wildman–Crippen LogP) is 9.80. The van der Waals surface area contributed by atoms with Crippen molar-refractivity contribution in [3.63, 3.8) is 0 Å². The molecule has 1 aliphatic rings. The first-order chi connectivity index (χ1) is 23.5. The normalized spacial score (nSPS) is 15.8. The van der Waals surface area contributed by atoms with Gasteiger partial charge in [0.05, 0.1) is 34.4 Å². The fourth-order valence-electron chi connectivity index (χ4n) is 4.62. The Hall–Kier alpha value is -6.42. The average Bonchev–Trinajstić information content (AvgIpc) is 3.75. The van der Waals surface area contributed by atoms with Crippen molar-refractivity contribution in [1.82, 2.24) is 4.98 Å². The fourth-order valence-corrected chi connectivity index (χ4v) is 4.62. The highest BCUT2D eigenvalue weighted by molar-refractivity contribution is 6.11. The molecule has 5 nitrogen and oxygen atoms in total. The molecule has 0 radical (unpaired) electrons. The van der Waals surface area contributed by atoms with E-state index in [1.54, 1.807) is 0 Å². The third-order valence-corrected chi connectivity index (χ3v) is 6.72. The maximum Gasteiger partial charge on any atom is 0.422 e. The lowest BCUT2D eigenvalue weighted by molar-refractivity contribution is -0.144. The summed E-state index contributed by atoms with van der Waals surface area (Å²) in [6.07, 6.45) is -12.4. The van der Waals surface area contributed by atoms with Crippen molar-refractivity contribution >= 4 is 22.7 Å². The van der Waals surface area contributed by atoms with Crippen LogP contribution in [0, 0.1) is 99.9 Å². The highest BCUT2D eigenvalue weighted by atomic mass is 19.4. The molecule has 1 heterocycles. The van der Waals surface area contributed by atoms with Crippen LogP contribution in [0.3, 0.4) is 0 Å². The molecule has 3 aromatic rings. The Bertz CT molecular complexity index is 2210. The molecule has 0 unspecified atom stereocenters. The second kappa shape index (κ2) is 12.5. The second-order valence-corrected chi connectivity index (χ2v) is 9.41. The van der Waals surface area contributed by atoms with E-state index in [1.165, 1.54) is 0 Å². The van der Waals surface area contributed by atoms with Crippen LogP contribution in [0.1, 0.15) is 27.8 Å². The van der Waals surface area contributed by atoms with E-state index < -0.39 is 144 Å². The molecule has 4 rings (SSSR count). The Morgan fingerprint density at radius 1 is 0.510 bits per heavy atom. The van der Waals surface area contributed by atoms with Crippen LogP contribution >= 0.6 is 0 Å². The molecule has 1 aliphatic carbocycles. The number of aromatic nitrogens is 1. The summed E-state index contributed by atoms with van der Waals surface area (Å²) < 4.78 is 241. The molecule has 51 heavy (non-hydrogen) atoms. The summed E-state index contributed by atoms with van der Waals surface area (Å²) in [5.74, 6) is -34.2. The number of rotatable bonds is 3. The van der Waals surface area contributed by atoms with Gasteiger partial charge in [-0.25, -0.2) is 44.4 Å². The van der Waals surface area contributed by atoms with E-state index in [0.717, 1.165) is 12.1 Å². The number of hydrogen-bond donors (Lipinski definition) is 0. The zero-order valence-electron chi connectivity index (χ0n) is 23.2. The molecule has 0 amide bonds. The monoisotopic (exact) mass is 741 g/mol. The van der Waals surface area contributed by atoms with Gasteiger partial charge in [-0.15, -0.1) is 0 Å². The molecule has 0 spiro atoms. The van der Waals surface area contributed by atoms with Gasteiger partial charge in [0.15, 0.2) is 52.4 Å². The molecule has 22 heteroatoms. The maximum atomic E-state index is 15.1. The summed E-state index contributed by atoms with van der Waals surface area (Å²) in [6, 6.07) is 1.61. The van der Waals surface area contributed by atoms with Crippen LogP contribution < -0.4 is 0 Å².